The lowest BCUT2D eigenvalue weighted by atomic mass is 10.1. The Kier molecular flexibility index (Phi) is 3.69. The second kappa shape index (κ2) is 5.79. The van der Waals surface area contributed by atoms with Gasteiger partial charge in [0, 0.05) is 43.4 Å². The highest BCUT2D eigenvalue weighted by Gasteiger charge is 2.19. The molecule has 0 aliphatic carbocycles. The number of hydrogen-bond acceptors (Lipinski definition) is 5. The van der Waals surface area contributed by atoms with Crippen LogP contribution in [0, 0.1) is 0 Å². The van der Waals surface area contributed by atoms with Crippen LogP contribution >= 0.6 is 0 Å². The van der Waals surface area contributed by atoms with Crippen LogP contribution in [-0.4, -0.2) is 39.7 Å². The van der Waals surface area contributed by atoms with Crippen LogP contribution in [0.2, 0.25) is 0 Å². The smallest absolute Gasteiger partial charge is 0.129 e. The van der Waals surface area contributed by atoms with Gasteiger partial charge in [-0.3, -0.25) is 0 Å². The SMILES string of the molecule is c1nc(NCCc2cnc[nH]2)cc(C2CCOC2)n1. The van der Waals surface area contributed by atoms with Crippen LogP contribution < -0.4 is 5.32 Å². The fraction of sp³-hybridized carbons (Fsp3) is 0.462. The molecule has 2 N–H and O–H groups in total. The molecule has 19 heavy (non-hydrogen) atoms. The number of anilines is 1. The largest absolute Gasteiger partial charge is 0.381 e. The van der Waals surface area contributed by atoms with Crippen molar-refractivity contribution in [3.8, 4) is 0 Å². The molecule has 1 atom stereocenters. The van der Waals surface area contributed by atoms with Crippen molar-refractivity contribution < 1.29 is 4.74 Å². The number of nitrogens with one attached hydrogen (secondary N) is 2. The number of aromatic nitrogens is 4. The number of H-pyrrole nitrogens is 1. The second-order valence-electron chi connectivity index (χ2n) is 4.64. The molecule has 1 fully saturated rings. The summed E-state index contributed by atoms with van der Waals surface area (Å²) in [5.41, 5.74) is 2.18. The summed E-state index contributed by atoms with van der Waals surface area (Å²) >= 11 is 0. The summed E-state index contributed by atoms with van der Waals surface area (Å²) in [6.45, 7) is 2.42. The minimum atomic E-state index is 0.413. The van der Waals surface area contributed by atoms with E-state index < -0.39 is 0 Å². The summed E-state index contributed by atoms with van der Waals surface area (Å²) in [7, 11) is 0. The van der Waals surface area contributed by atoms with Crippen LogP contribution in [0.5, 0.6) is 0 Å². The fourth-order valence-electron chi connectivity index (χ4n) is 2.21. The van der Waals surface area contributed by atoms with Gasteiger partial charge in [-0.15, -0.1) is 0 Å². The van der Waals surface area contributed by atoms with Crippen LogP contribution in [-0.2, 0) is 11.2 Å². The lowest BCUT2D eigenvalue weighted by Gasteiger charge is -2.09. The average Bonchev–Trinajstić information content (AvgIpc) is 3.12. The van der Waals surface area contributed by atoms with E-state index in [2.05, 4.69) is 25.3 Å². The van der Waals surface area contributed by atoms with Crippen LogP contribution in [0.25, 0.3) is 0 Å². The quantitative estimate of drug-likeness (QED) is 0.848. The van der Waals surface area contributed by atoms with Gasteiger partial charge in [-0.25, -0.2) is 15.0 Å². The third-order valence-corrected chi connectivity index (χ3v) is 3.29. The zero-order valence-corrected chi connectivity index (χ0v) is 10.7. The maximum atomic E-state index is 5.39. The maximum absolute atomic E-state index is 5.39. The maximum Gasteiger partial charge on any atom is 0.129 e. The third-order valence-electron chi connectivity index (χ3n) is 3.29. The Bertz CT molecular complexity index is 508. The lowest BCUT2D eigenvalue weighted by molar-refractivity contribution is 0.193. The minimum absolute atomic E-state index is 0.413. The molecule has 3 rings (SSSR count). The molecule has 0 spiro atoms. The highest BCUT2D eigenvalue weighted by atomic mass is 16.5. The van der Waals surface area contributed by atoms with Gasteiger partial charge in [-0.1, -0.05) is 0 Å². The van der Waals surface area contributed by atoms with Gasteiger partial charge in [-0.05, 0) is 6.42 Å². The lowest BCUT2D eigenvalue weighted by Crippen LogP contribution is -2.08. The molecule has 1 unspecified atom stereocenters. The van der Waals surface area contributed by atoms with Gasteiger partial charge in [-0.2, -0.15) is 0 Å². The number of aromatic amines is 1. The molecule has 6 nitrogen and oxygen atoms in total. The molecule has 3 heterocycles. The van der Waals surface area contributed by atoms with E-state index in [0.717, 1.165) is 49.8 Å². The molecule has 2 aromatic heterocycles. The molecule has 1 saturated heterocycles. The van der Waals surface area contributed by atoms with Gasteiger partial charge in [0.15, 0.2) is 0 Å². The molecule has 0 aromatic carbocycles. The van der Waals surface area contributed by atoms with Crippen molar-refractivity contribution in [2.45, 2.75) is 18.8 Å². The average molecular weight is 259 g/mol. The number of hydrogen-bond donors (Lipinski definition) is 2. The van der Waals surface area contributed by atoms with Crippen molar-refractivity contribution >= 4 is 5.82 Å². The summed E-state index contributed by atoms with van der Waals surface area (Å²) in [6, 6.07) is 2.02. The van der Waals surface area contributed by atoms with Crippen molar-refractivity contribution in [1.29, 1.82) is 0 Å². The Morgan fingerprint density at radius 1 is 1.42 bits per heavy atom. The Hall–Kier alpha value is -1.95. The molecule has 0 amide bonds. The van der Waals surface area contributed by atoms with Crippen molar-refractivity contribution in [1.82, 2.24) is 19.9 Å². The number of ether oxygens (including phenoxy) is 1. The molecule has 6 heteroatoms. The predicted octanol–water partition coefficient (Wildman–Crippen LogP) is 1.36. The van der Waals surface area contributed by atoms with E-state index in [4.69, 9.17) is 4.74 Å². The molecule has 1 aliphatic rings. The van der Waals surface area contributed by atoms with Crippen LogP contribution in [0.15, 0.2) is 24.9 Å². The van der Waals surface area contributed by atoms with Gasteiger partial charge in [0.2, 0.25) is 0 Å². The topological polar surface area (TPSA) is 75.7 Å². The molecule has 2 aromatic rings. The third kappa shape index (κ3) is 3.08. The molecule has 1 aliphatic heterocycles. The number of nitrogens with zero attached hydrogens (tertiary/aromatic N) is 3. The van der Waals surface area contributed by atoms with E-state index >= 15 is 0 Å². The van der Waals surface area contributed by atoms with Gasteiger partial charge >= 0.3 is 0 Å². The van der Waals surface area contributed by atoms with E-state index in [-0.39, 0.29) is 0 Å². The summed E-state index contributed by atoms with van der Waals surface area (Å²) in [4.78, 5) is 15.6. The van der Waals surface area contributed by atoms with E-state index in [1.54, 1.807) is 12.7 Å². The Balaban J connectivity index is 1.56. The number of rotatable bonds is 5. The van der Waals surface area contributed by atoms with Crippen LogP contribution in [0.4, 0.5) is 5.82 Å². The zero-order valence-electron chi connectivity index (χ0n) is 10.7. The van der Waals surface area contributed by atoms with Crippen LogP contribution in [0.3, 0.4) is 0 Å². The van der Waals surface area contributed by atoms with E-state index in [0.29, 0.717) is 5.92 Å². The number of imidazole rings is 1. The first kappa shape index (κ1) is 12.1. The van der Waals surface area contributed by atoms with Gasteiger partial charge < -0.3 is 15.0 Å². The fourth-order valence-corrected chi connectivity index (χ4v) is 2.21. The minimum Gasteiger partial charge on any atom is -0.381 e. The van der Waals surface area contributed by atoms with Gasteiger partial charge in [0.1, 0.15) is 12.1 Å². The highest BCUT2D eigenvalue weighted by Crippen LogP contribution is 2.24. The Labute approximate surface area is 111 Å². The first-order valence-corrected chi connectivity index (χ1v) is 6.52. The standard InChI is InChI=1S/C13H17N5O/c1(11-6-14-8-16-11)3-15-13-5-12(17-9-18-13)10-2-4-19-7-10/h5-6,8-10H,1-4,7H2,(H,14,16)(H,15,17,18). The monoisotopic (exact) mass is 259 g/mol. The first-order chi connectivity index (χ1) is 9.42. The Morgan fingerprint density at radius 3 is 3.21 bits per heavy atom. The van der Waals surface area contributed by atoms with Crippen molar-refractivity contribution in [2.75, 3.05) is 25.1 Å². The summed E-state index contributed by atoms with van der Waals surface area (Å²) in [5.74, 6) is 1.28. The normalized spacial score (nSPS) is 18.6. The summed E-state index contributed by atoms with van der Waals surface area (Å²) < 4.78 is 5.39. The second-order valence-corrected chi connectivity index (χ2v) is 4.64. The molecule has 100 valence electrons. The van der Waals surface area contributed by atoms with E-state index in [1.807, 2.05) is 12.3 Å². The van der Waals surface area contributed by atoms with Gasteiger partial charge in [0.05, 0.1) is 18.6 Å². The van der Waals surface area contributed by atoms with E-state index in [9.17, 15) is 0 Å². The molecule has 0 bridgehead atoms. The molecule has 0 saturated carbocycles. The van der Waals surface area contributed by atoms with Crippen molar-refractivity contribution in [2.24, 2.45) is 0 Å². The van der Waals surface area contributed by atoms with E-state index in [1.165, 1.54) is 0 Å². The van der Waals surface area contributed by atoms with Crippen LogP contribution in [0.1, 0.15) is 23.7 Å². The zero-order chi connectivity index (χ0) is 12.9. The first-order valence-electron chi connectivity index (χ1n) is 6.52. The highest BCUT2D eigenvalue weighted by molar-refractivity contribution is 5.36. The van der Waals surface area contributed by atoms with Gasteiger partial charge in [0.25, 0.3) is 0 Å². The predicted molar refractivity (Wildman–Crippen MR) is 71.0 cm³/mol. The summed E-state index contributed by atoms with van der Waals surface area (Å²) in [5, 5.41) is 3.31. The molecule has 0 radical (unpaired) electrons. The van der Waals surface area contributed by atoms with Crippen molar-refractivity contribution in [3.05, 3.63) is 36.3 Å². The molecular formula is C13H17N5O. The molecular weight excluding hydrogens is 242 g/mol. The Morgan fingerprint density at radius 2 is 2.42 bits per heavy atom. The summed E-state index contributed by atoms with van der Waals surface area (Å²) in [6.07, 6.45) is 7.09. The van der Waals surface area contributed by atoms with Crippen molar-refractivity contribution in [3.63, 3.8) is 0 Å².